The highest BCUT2D eigenvalue weighted by Crippen LogP contribution is 2.29. The second kappa shape index (κ2) is 7.09. The van der Waals surface area contributed by atoms with Crippen molar-refractivity contribution in [3.8, 4) is 5.75 Å². The van der Waals surface area contributed by atoms with Crippen LogP contribution in [0.25, 0.3) is 0 Å². The van der Waals surface area contributed by atoms with Crippen LogP contribution in [0.2, 0.25) is 0 Å². The maximum absolute atomic E-state index is 11.0. The minimum absolute atomic E-state index is 0.0472. The summed E-state index contributed by atoms with van der Waals surface area (Å²) >= 11 is 5.76. The Morgan fingerprint density at radius 1 is 1.10 bits per heavy atom. The molecule has 0 aliphatic rings. The third kappa shape index (κ3) is 3.95. The molecular weight excluding hydrogens is 290 g/mol. The Morgan fingerprint density at radius 2 is 1.71 bits per heavy atom. The van der Waals surface area contributed by atoms with E-state index in [0.717, 1.165) is 17.5 Å². The van der Waals surface area contributed by atoms with Crippen LogP contribution < -0.4 is 4.74 Å². The minimum Gasteiger partial charge on any atom is -0.482 e. The van der Waals surface area contributed by atoms with Gasteiger partial charge in [-0.25, -0.2) is 0 Å². The van der Waals surface area contributed by atoms with Gasteiger partial charge in [0.15, 0.2) is 5.75 Å². The van der Waals surface area contributed by atoms with Crippen LogP contribution in [0.15, 0.2) is 42.5 Å². The quantitative estimate of drug-likeness (QED) is 0.449. The Hall–Kier alpha value is -2.07. The molecule has 0 saturated carbocycles. The molecule has 0 atom stereocenters. The largest absolute Gasteiger partial charge is 0.482 e. The molecule has 0 spiro atoms. The fourth-order valence-electron chi connectivity index (χ4n) is 1.94. The Kier molecular flexibility index (Phi) is 5.17. The molecule has 4 nitrogen and oxygen atoms in total. The first kappa shape index (κ1) is 15.3. The zero-order chi connectivity index (χ0) is 15.2. The molecule has 5 heteroatoms. The molecule has 0 saturated heterocycles. The van der Waals surface area contributed by atoms with E-state index in [0.29, 0.717) is 5.88 Å². The van der Waals surface area contributed by atoms with Crippen molar-refractivity contribution in [1.29, 1.82) is 0 Å². The van der Waals surface area contributed by atoms with Crippen LogP contribution in [0.5, 0.6) is 5.75 Å². The van der Waals surface area contributed by atoms with Gasteiger partial charge in [0.25, 0.3) is 0 Å². The second-order valence-electron chi connectivity index (χ2n) is 4.65. The van der Waals surface area contributed by atoms with Crippen molar-refractivity contribution < 1.29 is 9.66 Å². The van der Waals surface area contributed by atoms with Crippen molar-refractivity contribution in [3.05, 3.63) is 69.3 Å². The maximum Gasteiger partial charge on any atom is 0.310 e. The van der Waals surface area contributed by atoms with Gasteiger partial charge in [-0.3, -0.25) is 10.1 Å². The van der Waals surface area contributed by atoms with Crippen LogP contribution in [-0.2, 0) is 18.9 Å². The van der Waals surface area contributed by atoms with Gasteiger partial charge in [-0.15, -0.1) is 11.6 Å². The summed E-state index contributed by atoms with van der Waals surface area (Å²) in [4.78, 5) is 10.6. The maximum atomic E-state index is 11.0. The molecule has 0 aliphatic carbocycles. The lowest BCUT2D eigenvalue weighted by Gasteiger charge is -2.08. The highest BCUT2D eigenvalue weighted by atomic mass is 35.5. The number of halogens is 1. The minimum atomic E-state index is -0.451. The van der Waals surface area contributed by atoms with Crippen LogP contribution in [0.4, 0.5) is 5.69 Å². The highest BCUT2D eigenvalue weighted by molar-refractivity contribution is 6.17. The zero-order valence-corrected chi connectivity index (χ0v) is 12.5. The lowest BCUT2D eigenvalue weighted by Crippen LogP contribution is -2.00. The molecule has 0 unspecified atom stereocenters. The number of benzene rings is 2. The van der Waals surface area contributed by atoms with Gasteiger partial charge >= 0.3 is 5.69 Å². The number of rotatable bonds is 6. The summed E-state index contributed by atoms with van der Waals surface area (Å²) in [6.07, 6.45) is 0.977. The van der Waals surface area contributed by atoms with Gasteiger partial charge in [0, 0.05) is 11.9 Å². The number of nitro benzene ring substituents is 1. The van der Waals surface area contributed by atoms with E-state index in [1.54, 1.807) is 12.1 Å². The number of nitro groups is 1. The summed E-state index contributed by atoms with van der Waals surface area (Å²) in [6, 6.07) is 12.7. The summed E-state index contributed by atoms with van der Waals surface area (Å²) in [6.45, 7) is 2.38. The lowest BCUT2D eigenvalue weighted by atomic mass is 10.1. The lowest BCUT2D eigenvalue weighted by molar-refractivity contribution is -0.386. The molecule has 110 valence electrons. The van der Waals surface area contributed by atoms with Gasteiger partial charge in [-0.1, -0.05) is 37.3 Å². The number of hydrogen-bond acceptors (Lipinski definition) is 3. The van der Waals surface area contributed by atoms with Gasteiger partial charge in [-0.2, -0.15) is 0 Å². The molecule has 21 heavy (non-hydrogen) atoms. The normalized spacial score (nSPS) is 10.4. The second-order valence-corrected chi connectivity index (χ2v) is 4.92. The van der Waals surface area contributed by atoms with Crippen LogP contribution >= 0.6 is 11.6 Å². The summed E-state index contributed by atoms with van der Waals surface area (Å²) in [5, 5.41) is 11.0. The third-order valence-corrected chi connectivity index (χ3v) is 3.51. The van der Waals surface area contributed by atoms with E-state index in [1.807, 2.05) is 24.3 Å². The fourth-order valence-corrected chi connectivity index (χ4v) is 2.11. The van der Waals surface area contributed by atoms with Gasteiger partial charge < -0.3 is 4.74 Å². The van der Waals surface area contributed by atoms with Crippen LogP contribution in [0.1, 0.15) is 23.6 Å². The van der Waals surface area contributed by atoms with Crippen molar-refractivity contribution in [2.45, 2.75) is 25.8 Å². The average molecular weight is 306 g/mol. The monoisotopic (exact) mass is 305 g/mol. The molecule has 0 radical (unpaired) electrons. The fraction of sp³-hybridized carbons (Fsp3) is 0.250. The Labute approximate surface area is 128 Å². The predicted molar refractivity (Wildman–Crippen MR) is 82.8 cm³/mol. The number of nitrogens with zero attached hydrogens (tertiary/aromatic N) is 1. The smallest absolute Gasteiger partial charge is 0.310 e. The van der Waals surface area contributed by atoms with E-state index >= 15 is 0 Å². The van der Waals surface area contributed by atoms with Crippen molar-refractivity contribution in [2.75, 3.05) is 0 Å². The first-order chi connectivity index (χ1) is 10.1. The number of hydrogen-bond donors (Lipinski definition) is 0. The van der Waals surface area contributed by atoms with E-state index in [-0.39, 0.29) is 18.0 Å². The molecule has 2 aromatic carbocycles. The first-order valence-electron chi connectivity index (χ1n) is 6.68. The summed E-state index contributed by atoms with van der Waals surface area (Å²) in [5.74, 6) is 0.539. The molecule has 2 aromatic rings. The van der Waals surface area contributed by atoms with Crippen molar-refractivity contribution >= 4 is 17.3 Å². The summed E-state index contributed by atoms with van der Waals surface area (Å²) in [5.41, 5.74) is 2.96. The molecule has 0 bridgehead atoms. The van der Waals surface area contributed by atoms with E-state index in [1.165, 1.54) is 11.6 Å². The number of aryl methyl sites for hydroxylation is 1. The molecule has 0 aliphatic heterocycles. The van der Waals surface area contributed by atoms with Gasteiger partial charge in [0.05, 0.1) is 4.92 Å². The molecule has 0 amide bonds. The molecule has 0 heterocycles. The van der Waals surface area contributed by atoms with Gasteiger partial charge in [-0.05, 0) is 29.2 Å². The number of ether oxygens (including phenoxy) is 1. The SMILES string of the molecule is CCc1ccc(COc2cc(CCl)ccc2[N+](=O)[O-])cc1. The first-order valence-corrected chi connectivity index (χ1v) is 7.21. The highest BCUT2D eigenvalue weighted by Gasteiger charge is 2.15. The molecular formula is C16H16ClNO3. The third-order valence-electron chi connectivity index (χ3n) is 3.20. The molecule has 0 N–H and O–H groups in total. The predicted octanol–water partition coefficient (Wildman–Crippen LogP) is 4.48. The van der Waals surface area contributed by atoms with E-state index in [4.69, 9.17) is 16.3 Å². The van der Waals surface area contributed by atoms with Crippen molar-refractivity contribution in [3.63, 3.8) is 0 Å². The number of alkyl halides is 1. The average Bonchev–Trinajstić information content (AvgIpc) is 2.52. The van der Waals surface area contributed by atoms with Gasteiger partial charge in [0.1, 0.15) is 6.61 Å². The Morgan fingerprint density at radius 3 is 2.29 bits per heavy atom. The van der Waals surface area contributed by atoms with Crippen molar-refractivity contribution in [1.82, 2.24) is 0 Å². The van der Waals surface area contributed by atoms with E-state index in [9.17, 15) is 10.1 Å². The van der Waals surface area contributed by atoms with E-state index in [2.05, 4.69) is 6.92 Å². The Bertz CT molecular complexity index is 626. The van der Waals surface area contributed by atoms with E-state index < -0.39 is 4.92 Å². The summed E-state index contributed by atoms with van der Waals surface area (Å²) < 4.78 is 5.60. The molecule has 2 rings (SSSR count). The molecule has 0 fully saturated rings. The van der Waals surface area contributed by atoms with Gasteiger partial charge in [0.2, 0.25) is 0 Å². The van der Waals surface area contributed by atoms with Crippen LogP contribution in [0, 0.1) is 10.1 Å². The topological polar surface area (TPSA) is 52.4 Å². The molecule has 0 aromatic heterocycles. The Balaban J connectivity index is 2.15. The standard InChI is InChI=1S/C16H16ClNO3/c1-2-12-3-5-13(6-4-12)11-21-16-9-14(10-17)7-8-15(16)18(19)20/h3-9H,2,10-11H2,1H3. The van der Waals surface area contributed by atoms with Crippen LogP contribution in [-0.4, -0.2) is 4.92 Å². The van der Waals surface area contributed by atoms with Crippen molar-refractivity contribution in [2.24, 2.45) is 0 Å². The summed E-state index contributed by atoms with van der Waals surface area (Å²) in [7, 11) is 0. The van der Waals surface area contributed by atoms with Crippen LogP contribution in [0.3, 0.4) is 0 Å². The zero-order valence-electron chi connectivity index (χ0n) is 11.7.